The first-order chi connectivity index (χ1) is 17.2. The van der Waals surface area contributed by atoms with Crippen LogP contribution in [0.25, 0.3) is 38.1 Å². The quantitative estimate of drug-likeness (QED) is 0.347. The van der Waals surface area contributed by atoms with E-state index in [2.05, 4.69) is 31.3 Å². The number of nitrogens with one attached hydrogen (secondary N) is 1. The van der Waals surface area contributed by atoms with Crippen molar-refractivity contribution in [1.82, 2.24) is 24.5 Å². The highest BCUT2D eigenvalue weighted by Crippen LogP contribution is 2.30. The summed E-state index contributed by atoms with van der Waals surface area (Å²) < 4.78 is 1.77. The van der Waals surface area contributed by atoms with Crippen molar-refractivity contribution in [1.29, 1.82) is 0 Å². The van der Waals surface area contributed by atoms with Crippen LogP contribution in [-0.2, 0) is 0 Å². The number of aromatic nitrogens is 5. The average Bonchev–Trinajstić information content (AvgIpc) is 3.39. The molecule has 1 N–H and O–H groups in total. The Bertz CT molecular complexity index is 1710. The first-order valence-corrected chi connectivity index (χ1v) is 12.0. The Balaban J connectivity index is 1.58. The van der Waals surface area contributed by atoms with E-state index in [0.29, 0.717) is 11.2 Å². The van der Waals surface area contributed by atoms with Crippen molar-refractivity contribution in [2.75, 3.05) is 5.32 Å². The molecule has 8 heteroatoms. The Morgan fingerprint density at radius 1 is 0.914 bits per heavy atom. The summed E-state index contributed by atoms with van der Waals surface area (Å²) in [6, 6.07) is 23.1. The van der Waals surface area contributed by atoms with Crippen LogP contribution in [0.2, 0.25) is 0 Å². The molecule has 0 saturated heterocycles. The number of fused-ring (bicyclic) bond motifs is 2. The van der Waals surface area contributed by atoms with E-state index in [0.717, 1.165) is 38.4 Å². The zero-order chi connectivity index (χ0) is 23.8. The standard InChI is InChI=1S/C27H20N6OS/c1-17(32-25-24-26(30-15-29-25)35-16-31-24)22-14-18-8-7-11-20(21-12-5-6-13-28-21)23(18)27(34)33(22)19-9-3-2-4-10-19/h2-17H,1H3,(H,29,30,32). The molecule has 4 heterocycles. The van der Waals surface area contributed by atoms with Gasteiger partial charge in [0.2, 0.25) is 0 Å². The van der Waals surface area contributed by atoms with Crippen molar-refractivity contribution in [3.8, 4) is 16.9 Å². The van der Waals surface area contributed by atoms with E-state index in [1.807, 2.05) is 73.7 Å². The molecule has 0 saturated carbocycles. The second-order valence-electron chi connectivity index (χ2n) is 8.12. The lowest BCUT2D eigenvalue weighted by Gasteiger charge is -2.22. The molecule has 6 rings (SSSR count). The largest absolute Gasteiger partial charge is 0.360 e. The lowest BCUT2D eigenvalue weighted by atomic mass is 10.0. The predicted molar refractivity (Wildman–Crippen MR) is 140 cm³/mol. The average molecular weight is 477 g/mol. The van der Waals surface area contributed by atoms with Crippen molar-refractivity contribution in [2.45, 2.75) is 13.0 Å². The van der Waals surface area contributed by atoms with Gasteiger partial charge in [-0.05, 0) is 42.6 Å². The van der Waals surface area contributed by atoms with Crippen LogP contribution in [0.5, 0.6) is 0 Å². The number of thiazole rings is 1. The summed E-state index contributed by atoms with van der Waals surface area (Å²) in [6.45, 7) is 2.02. The van der Waals surface area contributed by atoms with Gasteiger partial charge < -0.3 is 5.32 Å². The van der Waals surface area contributed by atoms with Crippen LogP contribution in [0.3, 0.4) is 0 Å². The van der Waals surface area contributed by atoms with Gasteiger partial charge in [0.15, 0.2) is 5.82 Å². The lowest BCUT2D eigenvalue weighted by Crippen LogP contribution is -2.26. The Hall–Kier alpha value is -4.43. The van der Waals surface area contributed by atoms with Crippen molar-refractivity contribution < 1.29 is 0 Å². The Morgan fingerprint density at radius 2 is 1.77 bits per heavy atom. The van der Waals surface area contributed by atoms with E-state index in [-0.39, 0.29) is 11.6 Å². The number of hydrogen-bond acceptors (Lipinski definition) is 7. The minimum Gasteiger partial charge on any atom is -0.360 e. The van der Waals surface area contributed by atoms with Gasteiger partial charge >= 0.3 is 0 Å². The highest BCUT2D eigenvalue weighted by Gasteiger charge is 2.20. The predicted octanol–water partition coefficient (Wildman–Crippen LogP) is 5.63. The highest BCUT2D eigenvalue weighted by atomic mass is 32.1. The summed E-state index contributed by atoms with van der Waals surface area (Å²) in [5.74, 6) is 0.637. The molecule has 7 nitrogen and oxygen atoms in total. The monoisotopic (exact) mass is 476 g/mol. The molecule has 1 atom stereocenters. The second kappa shape index (κ2) is 8.73. The maximum absolute atomic E-state index is 14.1. The molecule has 6 aromatic rings. The number of pyridine rings is 2. The number of hydrogen-bond donors (Lipinski definition) is 1. The molecule has 4 aromatic heterocycles. The third-order valence-electron chi connectivity index (χ3n) is 5.96. The summed E-state index contributed by atoms with van der Waals surface area (Å²) >= 11 is 1.46. The molecule has 0 aliphatic rings. The summed E-state index contributed by atoms with van der Waals surface area (Å²) in [6.07, 6.45) is 3.27. The van der Waals surface area contributed by atoms with E-state index in [1.54, 1.807) is 16.3 Å². The number of anilines is 1. The summed E-state index contributed by atoms with van der Waals surface area (Å²) in [5, 5.41) is 4.95. The summed E-state index contributed by atoms with van der Waals surface area (Å²) in [4.78, 5) is 32.6. The van der Waals surface area contributed by atoms with Gasteiger partial charge in [0.05, 0.1) is 22.6 Å². The Kier molecular flexibility index (Phi) is 5.27. The van der Waals surface area contributed by atoms with E-state index in [9.17, 15) is 4.79 Å². The summed E-state index contributed by atoms with van der Waals surface area (Å²) in [7, 11) is 0. The Labute approximate surface area is 204 Å². The molecule has 2 aromatic carbocycles. The van der Waals surface area contributed by atoms with Gasteiger partial charge in [-0.15, -0.1) is 11.3 Å². The molecule has 1 unspecified atom stereocenters. The molecule has 0 amide bonds. The number of nitrogens with zero attached hydrogens (tertiary/aromatic N) is 5. The van der Waals surface area contributed by atoms with Crippen LogP contribution in [0.1, 0.15) is 18.7 Å². The van der Waals surface area contributed by atoms with E-state index in [1.165, 1.54) is 17.7 Å². The van der Waals surface area contributed by atoms with Crippen LogP contribution in [0.15, 0.2) is 95.6 Å². The van der Waals surface area contributed by atoms with E-state index in [4.69, 9.17) is 0 Å². The van der Waals surface area contributed by atoms with Gasteiger partial charge in [-0.3, -0.25) is 14.3 Å². The fourth-order valence-corrected chi connectivity index (χ4v) is 4.99. The van der Waals surface area contributed by atoms with Gasteiger partial charge in [-0.2, -0.15) is 0 Å². The van der Waals surface area contributed by atoms with Crippen LogP contribution in [-0.4, -0.2) is 24.5 Å². The normalized spacial score (nSPS) is 12.1. The zero-order valence-electron chi connectivity index (χ0n) is 18.8. The number of para-hydroxylation sites is 1. The molecular formula is C27H20N6OS. The van der Waals surface area contributed by atoms with E-state index >= 15 is 0 Å². The highest BCUT2D eigenvalue weighted by molar-refractivity contribution is 7.16. The molecule has 0 spiro atoms. The van der Waals surface area contributed by atoms with Crippen molar-refractivity contribution >= 4 is 38.3 Å². The lowest BCUT2D eigenvalue weighted by molar-refractivity contribution is 0.774. The minimum absolute atomic E-state index is 0.0971. The minimum atomic E-state index is -0.245. The topological polar surface area (TPSA) is 85.6 Å². The van der Waals surface area contributed by atoms with Gasteiger partial charge in [-0.25, -0.2) is 15.0 Å². The first kappa shape index (κ1) is 21.1. The molecule has 170 valence electrons. The molecule has 0 aliphatic heterocycles. The maximum Gasteiger partial charge on any atom is 0.263 e. The number of rotatable bonds is 5. The van der Waals surface area contributed by atoms with Gasteiger partial charge in [0, 0.05) is 23.1 Å². The fourth-order valence-electron chi connectivity index (χ4n) is 4.36. The van der Waals surface area contributed by atoms with Gasteiger partial charge in [0.1, 0.15) is 16.7 Å². The van der Waals surface area contributed by atoms with E-state index < -0.39 is 0 Å². The molecule has 0 fully saturated rings. The van der Waals surface area contributed by atoms with Crippen LogP contribution in [0.4, 0.5) is 5.82 Å². The van der Waals surface area contributed by atoms with Crippen LogP contribution >= 0.6 is 11.3 Å². The Morgan fingerprint density at radius 3 is 2.60 bits per heavy atom. The molecular weight excluding hydrogens is 456 g/mol. The molecule has 0 radical (unpaired) electrons. The SMILES string of the molecule is CC(Nc1ncnc2scnc12)c1cc2cccc(-c3ccccn3)c2c(=O)n1-c1ccccc1. The maximum atomic E-state index is 14.1. The van der Waals surface area contributed by atoms with Gasteiger partial charge in [0.25, 0.3) is 5.56 Å². The van der Waals surface area contributed by atoms with Crippen molar-refractivity contribution in [3.05, 3.63) is 107 Å². The van der Waals surface area contributed by atoms with Gasteiger partial charge in [-0.1, -0.05) is 42.5 Å². The van der Waals surface area contributed by atoms with Crippen molar-refractivity contribution in [3.63, 3.8) is 0 Å². The third-order valence-corrected chi connectivity index (χ3v) is 6.70. The second-order valence-corrected chi connectivity index (χ2v) is 8.96. The first-order valence-electron chi connectivity index (χ1n) is 11.2. The molecule has 0 aliphatic carbocycles. The zero-order valence-corrected chi connectivity index (χ0v) is 19.6. The van der Waals surface area contributed by atoms with Crippen molar-refractivity contribution in [2.24, 2.45) is 0 Å². The number of benzene rings is 2. The fraction of sp³-hybridized carbons (Fsp3) is 0.0741. The third kappa shape index (κ3) is 3.74. The van der Waals surface area contributed by atoms with Crippen LogP contribution in [0, 0.1) is 0 Å². The molecule has 0 bridgehead atoms. The summed E-state index contributed by atoms with van der Waals surface area (Å²) in [5.41, 5.74) is 5.56. The smallest absolute Gasteiger partial charge is 0.263 e. The molecule has 35 heavy (non-hydrogen) atoms. The van der Waals surface area contributed by atoms with Crippen LogP contribution < -0.4 is 10.9 Å².